The normalized spacial score (nSPS) is 43.4. The Morgan fingerprint density at radius 2 is 1.71 bits per heavy atom. The van der Waals surface area contributed by atoms with Crippen LogP contribution in [-0.4, -0.2) is 5.16 Å². The average Bonchev–Trinajstić information content (AvgIpc) is 2.36. The van der Waals surface area contributed by atoms with Crippen molar-refractivity contribution in [3.8, 4) is 0 Å². The minimum Gasteiger partial charge on any atom is -0.595 e. The molecule has 0 aromatic carbocycles. The van der Waals surface area contributed by atoms with Crippen molar-refractivity contribution < 1.29 is 9.46 Å². The van der Waals surface area contributed by atoms with Crippen molar-refractivity contribution in [3.63, 3.8) is 0 Å². The topological polar surface area (TPSA) is 40.1 Å². The van der Waals surface area contributed by atoms with E-state index in [-0.39, 0.29) is 5.16 Å². The molecule has 0 amide bonds. The molecule has 0 aromatic heterocycles. The summed E-state index contributed by atoms with van der Waals surface area (Å²) in [5, 5.41) is -0.314. The molecule has 3 heteroatoms. The van der Waals surface area contributed by atoms with Crippen LogP contribution in [0.25, 0.3) is 0 Å². The van der Waals surface area contributed by atoms with Crippen LogP contribution in [0.3, 0.4) is 0 Å². The fraction of sp³-hybridized carbons (Fsp3) is 1.00. The maximum absolute atomic E-state index is 11.6. The molecule has 0 N–H and O–H groups in total. The van der Waals surface area contributed by atoms with E-state index in [1.54, 1.807) is 0 Å². The zero-order chi connectivity index (χ0) is 10.2. The van der Waals surface area contributed by atoms with E-state index in [1.807, 2.05) is 0 Å². The van der Waals surface area contributed by atoms with Crippen LogP contribution in [0.2, 0.25) is 0 Å². The molecule has 14 heavy (non-hydrogen) atoms. The SMILES string of the molecule is CCC1([P+](=O)[O-])C2CCCCC1CC2. The minimum absolute atomic E-state index is 0.314. The maximum atomic E-state index is 11.6. The second kappa shape index (κ2) is 3.90. The number of rotatable bonds is 2. The van der Waals surface area contributed by atoms with Crippen LogP contribution in [0.15, 0.2) is 0 Å². The lowest BCUT2D eigenvalue weighted by atomic mass is 9.85. The monoisotopic (exact) mass is 214 g/mol. The standard InChI is InChI=1S/C11H19O2P/c1-2-11(14(12)13)9-5-3-4-6-10(11)8-7-9/h9-10H,2-8H2,1H3. The second-order valence-electron chi connectivity index (χ2n) is 4.86. The molecule has 0 saturated heterocycles. The van der Waals surface area contributed by atoms with Crippen LogP contribution in [0.4, 0.5) is 0 Å². The lowest BCUT2D eigenvalue weighted by Gasteiger charge is -2.29. The minimum atomic E-state index is -2.24. The Bertz CT molecular complexity index is 225. The van der Waals surface area contributed by atoms with Crippen molar-refractivity contribution in [2.75, 3.05) is 0 Å². The van der Waals surface area contributed by atoms with Crippen molar-refractivity contribution in [2.24, 2.45) is 11.8 Å². The molecule has 0 aliphatic heterocycles. The van der Waals surface area contributed by atoms with Crippen molar-refractivity contribution in [1.82, 2.24) is 0 Å². The quantitative estimate of drug-likeness (QED) is 0.663. The highest BCUT2D eigenvalue weighted by atomic mass is 31.1. The molecule has 3 atom stereocenters. The summed E-state index contributed by atoms with van der Waals surface area (Å²) in [6.07, 6.45) is 7.92. The summed E-state index contributed by atoms with van der Waals surface area (Å²) in [6.45, 7) is 2.06. The molecule has 80 valence electrons. The molecule has 2 fully saturated rings. The lowest BCUT2D eigenvalue weighted by molar-refractivity contribution is -0.172. The molecule has 3 unspecified atom stereocenters. The third-order valence-corrected chi connectivity index (χ3v) is 6.27. The highest BCUT2D eigenvalue weighted by molar-refractivity contribution is 7.38. The third kappa shape index (κ3) is 1.35. The summed E-state index contributed by atoms with van der Waals surface area (Å²) < 4.78 is 11.6. The molecule has 2 saturated carbocycles. The van der Waals surface area contributed by atoms with Gasteiger partial charge in [0.15, 0.2) is 5.16 Å². The fourth-order valence-electron chi connectivity index (χ4n) is 3.81. The van der Waals surface area contributed by atoms with E-state index in [0.717, 1.165) is 32.1 Å². The molecular formula is C11H19O2P. The summed E-state index contributed by atoms with van der Waals surface area (Å²) in [6, 6.07) is 0. The van der Waals surface area contributed by atoms with E-state index < -0.39 is 8.03 Å². The van der Waals surface area contributed by atoms with Gasteiger partial charge in [0, 0.05) is 11.8 Å². The molecule has 0 radical (unpaired) electrons. The lowest BCUT2D eigenvalue weighted by Crippen LogP contribution is -2.37. The number of hydrogen-bond donors (Lipinski definition) is 0. The molecule has 2 bridgehead atoms. The Balaban J connectivity index is 2.33. The van der Waals surface area contributed by atoms with Crippen molar-refractivity contribution in [3.05, 3.63) is 0 Å². The zero-order valence-corrected chi connectivity index (χ0v) is 9.76. The van der Waals surface area contributed by atoms with Gasteiger partial charge >= 0.3 is 8.03 Å². The summed E-state index contributed by atoms with van der Waals surface area (Å²) in [7, 11) is -2.24. The van der Waals surface area contributed by atoms with Gasteiger partial charge in [0.1, 0.15) is 0 Å². The number of hydrogen-bond acceptors (Lipinski definition) is 2. The Hall–Kier alpha value is 0.0600. The van der Waals surface area contributed by atoms with Gasteiger partial charge in [-0.25, -0.2) is 0 Å². The molecule has 0 heterocycles. The fourth-order valence-corrected chi connectivity index (χ4v) is 5.18. The Morgan fingerprint density at radius 3 is 2.07 bits per heavy atom. The van der Waals surface area contributed by atoms with Gasteiger partial charge < -0.3 is 4.89 Å². The first-order valence-electron chi connectivity index (χ1n) is 5.86. The predicted molar refractivity (Wildman–Crippen MR) is 55.3 cm³/mol. The van der Waals surface area contributed by atoms with E-state index >= 15 is 0 Å². The number of fused-ring (bicyclic) bond motifs is 2. The van der Waals surface area contributed by atoms with Gasteiger partial charge in [0.05, 0.1) is 0 Å². The first kappa shape index (κ1) is 10.6. The molecule has 2 rings (SSSR count). The first-order chi connectivity index (χ1) is 6.71. The Labute approximate surface area is 87.0 Å². The summed E-state index contributed by atoms with van der Waals surface area (Å²) >= 11 is 0. The largest absolute Gasteiger partial charge is 0.595 e. The summed E-state index contributed by atoms with van der Waals surface area (Å²) in [5.74, 6) is 0.947. The van der Waals surface area contributed by atoms with E-state index in [2.05, 4.69) is 6.92 Å². The molecule has 0 spiro atoms. The Kier molecular flexibility index (Phi) is 2.95. The van der Waals surface area contributed by atoms with Gasteiger partial charge in [-0.2, -0.15) is 0 Å². The van der Waals surface area contributed by atoms with E-state index in [4.69, 9.17) is 0 Å². The molecule has 2 nitrogen and oxygen atoms in total. The second-order valence-corrected chi connectivity index (χ2v) is 6.20. The van der Waals surface area contributed by atoms with Crippen molar-refractivity contribution in [2.45, 2.75) is 57.0 Å². The van der Waals surface area contributed by atoms with Crippen LogP contribution in [-0.2, 0) is 4.57 Å². The van der Waals surface area contributed by atoms with Crippen LogP contribution in [0, 0.1) is 11.8 Å². The highest BCUT2D eigenvalue weighted by Crippen LogP contribution is 2.59. The molecule has 2 aliphatic carbocycles. The Morgan fingerprint density at radius 1 is 1.21 bits per heavy atom. The van der Waals surface area contributed by atoms with Gasteiger partial charge in [-0.1, -0.05) is 24.3 Å². The van der Waals surface area contributed by atoms with E-state index in [1.165, 1.54) is 12.8 Å². The van der Waals surface area contributed by atoms with Gasteiger partial charge in [-0.15, -0.1) is 0 Å². The molecule has 2 aliphatic rings. The highest BCUT2D eigenvalue weighted by Gasteiger charge is 2.58. The first-order valence-corrected chi connectivity index (χ1v) is 7.04. The maximum Gasteiger partial charge on any atom is 0.315 e. The van der Waals surface area contributed by atoms with Gasteiger partial charge in [-0.05, 0) is 32.1 Å². The van der Waals surface area contributed by atoms with Gasteiger partial charge in [0.2, 0.25) is 0 Å². The van der Waals surface area contributed by atoms with Crippen molar-refractivity contribution >= 4 is 8.03 Å². The van der Waals surface area contributed by atoms with Crippen LogP contribution in [0.1, 0.15) is 51.9 Å². The third-order valence-electron chi connectivity index (χ3n) is 4.54. The summed E-state index contributed by atoms with van der Waals surface area (Å²) in [5.41, 5.74) is 0. The van der Waals surface area contributed by atoms with Gasteiger partial charge in [-0.3, -0.25) is 0 Å². The smallest absolute Gasteiger partial charge is 0.315 e. The summed E-state index contributed by atoms with van der Waals surface area (Å²) in [4.78, 5) is 11.6. The molecular weight excluding hydrogens is 195 g/mol. The van der Waals surface area contributed by atoms with Crippen LogP contribution < -0.4 is 4.89 Å². The van der Waals surface area contributed by atoms with Crippen LogP contribution >= 0.6 is 8.03 Å². The predicted octanol–water partition coefficient (Wildman–Crippen LogP) is 2.84. The molecule has 0 aromatic rings. The average molecular weight is 214 g/mol. The van der Waals surface area contributed by atoms with Crippen molar-refractivity contribution in [1.29, 1.82) is 0 Å². The zero-order valence-electron chi connectivity index (χ0n) is 8.87. The van der Waals surface area contributed by atoms with Gasteiger partial charge in [0.25, 0.3) is 0 Å². The van der Waals surface area contributed by atoms with E-state index in [9.17, 15) is 9.46 Å². The van der Waals surface area contributed by atoms with Crippen LogP contribution in [0.5, 0.6) is 0 Å². The van der Waals surface area contributed by atoms with E-state index in [0.29, 0.717) is 11.8 Å².